The topological polar surface area (TPSA) is 59.6 Å². The largest absolute Gasteiger partial charge is 0.381 e. The van der Waals surface area contributed by atoms with E-state index >= 15 is 0 Å². The molecule has 146 valence electrons. The zero-order valence-electron chi connectivity index (χ0n) is 15.8. The number of nitrogens with zero attached hydrogens (tertiary/aromatic N) is 1. The maximum atomic E-state index is 6.22. The van der Waals surface area contributed by atoms with Crippen LogP contribution < -0.4 is 11.1 Å². The smallest absolute Gasteiger partial charge is 0.193 e. The Morgan fingerprint density at radius 1 is 1.15 bits per heavy atom. The maximum absolute atomic E-state index is 6.22. The Balaban J connectivity index is 0.00000261. The third-order valence-electron chi connectivity index (χ3n) is 5.22. The number of aryl methyl sites for hydroxylation is 2. The number of hydrogen-bond donors (Lipinski definition) is 2. The molecule has 2 aromatic carbocycles. The van der Waals surface area contributed by atoms with E-state index in [-0.39, 0.29) is 29.4 Å². The van der Waals surface area contributed by atoms with Crippen molar-refractivity contribution in [2.45, 2.75) is 32.1 Å². The molecule has 6 heteroatoms. The number of rotatable bonds is 4. The summed E-state index contributed by atoms with van der Waals surface area (Å²) in [6.07, 6.45) is 1.82. The van der Waals surface area contributed by atoms with Gasteiger partial charge in [0.05, 0.1) is 6.54 Å². The van der Waals surface area contributed by atoms with Gasteiger partial charge in [0.2, 0.25) is 0 Å². The minimum absolute atomic E-state index is 0. The second-order valence-electron chi connectivity index (χ2n) is 7.03. The van der Waals surface area contributed by atoms with Crippen molar-refractivity contribution < 1.29 is 4.74 Å². The van der Waals surface area contributed by atoms with E-state index in [0.717, 1.165) is 36.8 Å². The Morgan fingerprint density at radius 3 is 2.56 bits per heavy atom. The standard InChI is InChI=1S/C21H26ClN3O.HI/c1-15-6-7-19(12-16(15)2)25-20(23)24-14-21(8-10-26-11-9-21)17-4-3-5-18(22)13-17;/h3-7,12-13H,8-11,14H2,1-2H3,(H3,23,24,25);1H. The fourth-order valence-electron chi connectivity index (χ4n) is 3.36. The van der Waals surface area contributed by atoms with Crippen molar-refractivity contribution in [2.24, 2.45) is 10.7 Å². The van der Waals surface area contributed by atoms with Crippen molar-refractivity contribution >= 4 is 47.2 Å². The first-order chi connectivity index (χ1) is 12.5. The number of hydrogen-bond acceptors (Lipinski definition) is 2. The number of anilines is 1. The summed E-state index contributed by atoms with van der Waals surface area (Å²) in [5, 5.41) is 3.95. The molecule has 1 heterocycles. The molecule has 2 aromatic rings. The molecule has 1 fully saturated rings. The molecule has 0 atom stereocenters. The third kappa shape index (κ3) is 5.59. The lowest BCUT2D eigenvalue weighted by Crippen LogP contribution is -2.38. The zero-order valence-corrected chi connectivity index (χ0v) is 18.9. The maximum Gasteiger partial charge on any atom is 0.193 e. The third-order valence-corrected chi connectivity index (χ3v) is 5.45. The fourth-order valence-corrected chi connectivity index (χ4v) is 3.55. The molecule has 0 spiro atoms. The molecule has 0 saturated carbocycles. The van der Waals surface area contributed by atoms with Crippen LogP contribution in [0.3, 0.4) is 0 Å². The summed E-state index contributed by atoms with van der Waals surface area (Å²) in [6, 6.07) is 14.2. The van der Waals surface area contributed by atoms with Crippen molar-refractivity contribution in [2.75, 3.05) is 25.1 Å². The molecule has 3 N–H and O–H groups in total. The summed E-state index contributed by atoms with van der Waals surface area (Å²) in [5.74, 6) is 0.432. The molecule has 27 heavy (non-hydrogen) atoms. The van der Waals surface area contributed by atoms with Gasteiger partial charge in [-0.1, -0.05) is 29.8 Å². The Morgan fingerprint density at radius 2 is 1.89 bits per heavy atom. The van der Waals surface area contributed by atoms with Gasteiger partial charge in [0.25, 0.3) is 0 Å². The van der Waals surface area contributed by atoms with Crippen molar-refractivity contribution in [1.29, 1.82) is 0 Å². The SMILES string of the molecule is Cc1ccc(NC(N)=NCC2(c3cccc(Cl)c3)CCOCC2)cc1C.I. The average molecular weight is 500 g/mol. The lowest BCUT2D eigenvalue weighted by molar-refractivity contribution is 0.0531. The second kappa shape index (κ2) is 9.75. The van der Waals surface area contributed by atoms with E-state index in [9.17, 15) is 0 Å². The van der Waals surface area contributed by atoms with Crippen molar-refractivity contribution in [3.05, 3.63) is 64.2 Å². The Bertz CT molecular complexity index is 804. The molecular weight excluding hydrogens is 473 g/mol. The molecule has 0 radical (unpaired) electrons. The van der Waals surface area contributed by atoms with Crippen molar-refractivity contribution in [3.63, 3.8) is 0 Å². The van der Waals surface area contributed by atoms with Crippen LogP contribution in [0.25, 0.3) is 0 Å². The van der Waals surface area contributed by atoms with E-state index in [1.54, 1.807) is 0 Å². The van der Waals surface area contributed by atoms with Gasteiger partial charge in [-0.3, -0.25) is 4.99 Å². The van der Waals surface area contributed by atoms with Crippen molar-refractivity contribution in [1.82, 2.24) is 0 Å². The number of halogens is 2. The highest BCUT2D eigenvalue weighted by Gasteiger charge is 2.34. The van der Waals surface area contributed by atoms with Gasteiger partial charge in [0.15, 0.2) is 5.96 Å². The molecule has 0 unspecified atom stereocenters. The summed E-state index contributed by atoms with van der Waals surface area (Å²) in [6.45, 7) is 6.25. The first-order valence-electron chi connectivity index (χ1n) is 8.96. The highest BCUT2D eigenvalue weighted by molar-refractivity contribution is 14.0. The number of ether oxygens (including phenoxy) is 1. The Hall–Kier alpha value is -1.31. The van der Waals surface area contributed by atoms with Gasteiger partial charge in [-0.25, -0.2) is 0 Å². The quantitative estimate of drug-likeness (QED) is 0.352. The molecule has 4 nitrogen and oxygen atoms in total. The van der Waals surface area contributed by atoms with E-state index in [1.165, 1.54) is 16.7 Å². The summed E-state index contributed by atoms with van der Waals surface area (Å²) in [5.41, 5.74) is 10.7. The van der Waals surface area contributed by atoms with Crippen LogP contribution in [0.1, 0.15) is 29.5 Å². The number of benzene rings is 2. The summed E-state index contributed by atoms with van der Waals surface area (Å²) in [7, 11) is 0. The normalized spacial score (nSPS) is 16.5. The van der Waals surface area contributed by atoms with Crippen LogP contribution in [0.4, 0.5) is 5.69 Å². The number of nitrogens with one attached hydrogen (secondary N) is 1. The number of guanidine groups is 1. The van der Waals surface area contributed by atoms with Crippen LogP contribution >= 0.6 is 35.6 Å². The van der Waals surface area contributed by atoms with E-state index in [1.807, 2.05) is 24.3 Å². The molecule has 0 amide bonds. The van der Waals surface area contributed by atoms with E-state index < -0.39 is 0 Å². The first kappa shape index (κ1) is 22.0. The predicted molar refractivity (Wildman–Crippen MR) is 125 cm³/mol. The summed E-state index contributed by atoms with van der Waals surface area (Å²) in [4.78, 5) is 4.66. The van der Waals surface area contributed by atoms with Gasteiger partial charge in [-0.2, -0.15) is 0 Å². The van der Waals surface area contributed by atoms with Crippen LogP contribution in [0.15, 0.2) is 47.5 Å². The van der Waals surface area contributed by atoms with Gasteiger partial charge in [0, 0.05) is 29.3 Å². The average Bonchev–Trinajstić information content (AvgIpc) is 2.64. The lowest BCUT2D eigenvalue weighted by atomic mass is 9.74. The molecular formula is C21H27ClIN3O. The monoisotopic (exact) mass is 499 g/mol. The van der Waals surface area contributed by atoms with Gasteiger partial charge < -0.3 is 15.8 Å². The van der Waals surface area contributed by atoms with Crippen LogP contribution in [-0.2, 0) is 10.2 Å². The molecule has 0 aliphatic carbocycles. The Labute approximate surface area is 183 Å². The minimum atomic E-state index is -0.0847. The molecule has 1 saturated heterocycles. The fraction of sp³-hybridized carbons (Fsp3) is 0.381. The summed E-state index contributed by atoms with van der Waals surface area (Å²) < 4.78 is 5.57. The van der Waals surface area contributed by atoms with Gasteiger partial charge in [0.1, 0.15) is 0 Å². The molecule has 1 aliphatic heterocycles. The molecule has 0 aromatic heterocycles. The van der Waals surface area contributed by atoms with Crippen LogP contribution in [-0.4, -0.2) is 25.7 Å². The van der Waals surface area contributed by atoms with Gasteiger partial charge >= 0.3 is 0 Å². The first-order valence-corrected chi connectivity index (χ1v) is 9.34. The molecule has 3 rings (SSSR count). The van der Waals surface area contributed by atoms with E-state index in [0.29, 0.717) is 12.5 Å². The van der Waals surface area contributed by atoms with E-state index in [4.69, 9.17) is 22.1 Å². The number of nitrogens with two attached hydrogens (primary N) is 1. The van der Waals surface area contributed by atoms with Crippen LogP contribution in [0.2, 0.25) is 5.02 Å². The predicted octanol–water partition coefficient (Wildman–Crippen LogP) is 5.05. The second-order valence-corrected chi connectivity index (χ2v) is 7.46. The minimum Gasteiger partial charge on any atom is -0.381 e. The van der Waals surface area contributed by atoms with Crippen LogP contribution in [0, 0.1) is 13.8 Å². The Kier molecular flexibility index (Phi) is 7.94. The van der Waals surface area contributed by atoms with Gasteiger partial charge in [-0.05, 0) is 67.6 Å². The molecule has 0 bridgehead atoms. The van der Waals surface area contributed by atoms with E-state index in [2.05, 4.69) is 42.4 Å². The highest BCUT2D eigenvalue weighted by atomic mass is 127. The van der Waals surface area contributed by atoms with Crippen LogP contribution in [0.5, 0.6) is 0 Å². The number of aliphatic imine (C=N–C) groups is 1. The molecule has 1 aliphatic rings. The lowest BCUT2D eigenvalue weighted by Gasteiger charge is -2.36. The van der Waals surface area contributed by atoms with Crippen molar-refractivity contribution in [3.8, 4) is 0 Å². The zero-order chi connectivity index (χ0) is 18.6. The summed E-state index contributed by atoms with van der Waals surface area (Å²) >= 11 is 6.22. The highest BCUT2D eigenvalue weighted by Crippen LogP contribution is 2.36. The van der Waals surface area contributed by atoms with Gasteiger partial charge in [-0.15, -0.1) is 24.0 Å².